The maximum atomic E-state index is 6.84. The predicted octanol–water partition coefficient (Wildman–Crippen LogP) is 6.66. The fourth-order valence-corrected chi connectivity index (χ4v) is 5.53. The summed E-state index contributed by atoms with van der Waals surface area (Å²) in [6.07, 6.45) is 10.3. The minimum Gasteiger partial charge on any atom is -0.330 e. The van der Waals surface area contributed by atoms with Crippen LogP contribution >= 0.6 is 11.6 Å². The van der Waals surface area contributed by atoms with Gasteiger partial charge in [0.1, 0.15) is 12.0 Å². The molecule has 1 aliphatic rings. The average Bonchev–Trinajstić information content (AvgIpc) is 3.28. The Labute approximate surface area is 203 Å². The van der Waals surface area contributed by atoms with Gasteiger partial charge < -0.3 is 10.3 Å². The summed E-state index contributed by atoms with van der Waals surface area (Å²) >= 11 is 6.84. The molecule has 0 bridgehead atoms. The van der Waals surface area contributed by atoms with E-state index in [4.69, 9.17) is 22.3 Å². The number of pyridine rings is 1. The number of halogens is 1. The van der Waals surface area contributed by atoms with Crippen molar-refractivity contribution in [1.82, 2.24) is 19.5 Å². The van der Waals surface area contributed by atoms with Crippen molar-refractivity contribution in [2.75, 3.05) is 6.54 Å². The molecule has 1 fully saturated rings. The zero-order chi connectivity index (χ0) is 23.1. The lowest BCUT2D eigenvalue weighted by Gasteiger charge is -2.29. The number of hydrogen-bond donors (Lipinski definition) is 1. The van der Waals surface area contributed by atoms with Gasteiger partial charge in [0, 0.05) is 50.9 Å². The van der Waals surface area contributed by atoms with Crippen molar-refractivity contribution in [2.24, 2.45) is 11.7 Å². The highest BCUT2D eigenvalue weighted by molar-refractivity contribution is 6.34. The molecule has 2 aromatic carbocycles. The van der Waals surface area contributed by atoms with Crippen molar-refractivity contribution in [2.45, 2.75) is 31.7 Å². The molecular weight excluding hydrogens is 442 g/mol. The van der Waals surface area contributed by atoms with Gasteiger partial charge >= 0.3 is 0 Å². The first-order valence-corrected chi connectivity index (χ1v) is 12.3. The number of hydrogen-bond acceptors (Lipinski definition) is 4. The summed E-state index contributed by atoms with van der Waals surface area (Å²) < 4.78 is 2.33. The first-order chi connectivity index (χ1) is 16.7. The molecule has 0 amide bonds. The van der Waals surface area contributed by atoms with Crippen molar-refractivity contribution < 1.29 is 0 Å². The number of nitrogens with two attached hydrogens (primary N) is 1. The maximum Gasteiger partial charge on any atom is 0.144 e. The Bertz CT molecular complexity index is 1470. The van der Waals surface area contributed by atoms with E-state index in [2.05, 4.69) is 45.0 Å². The third-order valence-corrected chi connectivity index (χ3v) is 7.49. The number of aromatic nitrogens is 4. The van der Waals surface area contributed by atoms with Crippen LogP contribution in [0.5, 0.6) is 0 Å². The molecule has 0 saturated heterocycles. The molecule has 3 aromatic heterocycles. The van der Waals surface area contributed by atoms with E-state index in [0.29, 0.717) is 17.0 Å². The van der Waals surface area contributed by atoms with E-state index in [0.717, 1.165) is 76.5 Å². The van der Waals surface area contributed by atoms with Crippen molar-refractivity contribution in [3.63, 3.8) is 0 Å². The maximum absolute atomic E-state index is 6.84. The van der Waals surface area contributed by atoms with Gasteiger partial charge in [0.05, 0.1) is 11.2 Å². The lowest BCUT2D eigenvalue weighted by atomic mass is 9.86. The lowest BCUT2D eigenvalue weighted by Crippen LogP contribution is -2.23. The van der Waals surface area contributed by atoms with Gasteiger partial charge in [-0.2, -0.15) is 0 Å². The quantitative estimate of drug-likeness (QED) is 0.321. The number of benzene rings is 2. The number of nitrogens with zero attached hydrogens (tertiary/aromatic N) is 4. The number of fused-ring (bicyclic) bond motifs is 2. The van der Waals surface area contributed by atoms with Gasteiger partial charge in [0.2, 0.25) is 0 Å². The topological polar surface area (TPSA) is 69.6 Å². The van der Waals surface area contributed by atoms with Crippen LogP contribution in [0.3, 0.4) is 0 Å². The van der Waals surface area contributed by atoms with Gasteiger partial charge in [-0.3, -0.25) is 0 Å². The van der Waals surface area contributed by atoms with Crippen LogP contribution in [-0.2, 0) is 0 Å². The fourth-order valence-electron chi connectivity index (χ4n) is 5.26. The van der Waals surface area contributed by atoms with Crippen molar-refractivity contribution in [3.8, 4) is 22.4 Å². The van der Waals surface area contributed by atoms with E-state index in [1.54, 1.807) is 6.33 Å². The van der Waals surface area contributed by atoms with Crippen molar-refractivity contribution in [1.29, 1.82) is 0 Å². The van der Waals surface area contributed by atoms with Crippen LogP contribution in [0.4, 0.5) is 0 Å². The van der Waals surface area contributed by atoms with Gasteiger partial charge in [-0.15, -0.1) is 0 Å². The molecule has 170 valence electrons. The standard InChI is InChI=1S/C28H26ClN5/c29-25-12-20-8-11-26(19-4-2-1-3-5-19)33-27(20)13-22(25)24-16-34(28-23(24)15-31-17-32-28)21-9-6-18(14-30)7-10-21/h1-5,8,11-13,15-18,21H,6-7,9-10,14,30H2. The van der Waals surface area contributed by atoms with Gasteiger partial charge in [0.25, 0.3) is 0 Å². The van der Waals surface area contributed by atoms with Crippen molar-refractivity contribution >= 4 is 33.5 Å². The molecule has 0 aliphatic heterocycles. The molecule has 5 aromatic rings. The van der Waals surface area contributed by atoms with Gasteiger partial charge in [0.15, 0.2) is 0 Å². The molecule has 5 nitrogen and oxygen atoms in total. The Kier molecular flexibility index (Phi) is 5.52. The minimum atomic E-state index is 0.413. The largest absolute Gasteiger partial charge is 0.330 e. The summed E-state index contributed by atoms with van der Waals surface area (Å²) in [5, 5.41) is 2.74. The third kappa shape index (κ3) is 3.75. The minimum absolute atomic E-state index is 0.413. The van der Waals surface area contributed by atoms with E-state index >= 15 is 0 Å². The molecule has 2 N–H and O–H groups in total. The Hall–Kier alpha value is -3.28. The monoisotopic (exact) mass is 467 g/mol. The second-order valence-electron chi connectivity index (χ2n) is 9.21. The normalized spacial score (nSPS) is 18.5. The van der Waals surface area contributed by atoms with Gasteiger partial charge in [-0.25, -0.2) is 15.0 Å². The SMILES string of the molecule is NCC1CCC(n2cc(-c3cc4nc(-c5ccccc5)ccc4cc3Cl)c3cncnc32)CC1. The highest BCUT2D eigenvalue weighted by atomic mass is 35.5. The van der Waals surface area contributed by atoms with Gasteiger partial charge in [-0.1, -0.05) is 48.0 Å². The predicted molar refractivity (Wildman–Crippen MR) is 139 cm³/mol. The van der Waals surface area contributed by atoms with E-state index in [-0.39, 0.29) is 0 Å². The molecule has 0 unspecified atom stereocenters. The summed E-state index contributed by atoms with van der Waals surface area (Å²) in [4.78, 5) is 13.9. The van der Waals surface area contributed by atoms with Crippen LogP contribution in [0, 0.1) is 5.92 Å². The molecule has 0 radical (unpaired) electrons. The van der Waals surface area contributed by atoms with Crippen molar-refractivity contribution in [3.05, 3.63) is 78.3 Å². The van der Waals surface area contributed by atoms with Crippen LogP contribution in [0.25, 0.3) is 44.3 Å². The molecule has 6 rings (SSSR count). The fraction of sp³-hybridized carbons (Fsp3) is 0.250. The Balaban J connectivity index is 1.47. The van der Waals surface area contributed by atoms with E-state index in [9.17, 15) is 0 Å². The molecule has 6 heteroatoms. The lowest BCUT2D eigenvalue weighted by molar-refractivity contribution is 0.283. The second kappa shape index (κ2) is 8.82. The van der Waals surface area contributed by atoms with Crippen LogP contribution in [-0.4, -0.2) is 26.1 Å². The first-order valence-electron chi connectivity index (χ1n) is 11.9. The smallest absolute Gasteiger partial charge is 0.144 e. The molecule has 1 aliphatic carbocycles. The molecule has 1 saturated carbocycles. The first kappa shape index (κ1) is 21.3. The molecule has 34 heavy (non-hydrogen) atoms. The summed E-state index contributed by atoms with van der Waals surface area (Å²) in [6, 6.07) is 18.9. The summed E-state index contributed by atoms with van der Waals surface area (Å²) in [6.45, 7) is 0.775. The van der Waals surface area contributed by atoms with Crippen LogP contribution in [0.1, 0.15) is 31.7 Å². The van der Waals surface area contributed by atoms with E-state index in [1.807, 2.05) is 36.5 Å². The molecule has 0 atom stereocenters. The van der Waals surface area contributed by atoms with E-state index < -0.39 is 0 Å². The second-order valence-corrected chi connectivity index (χ2v) is 9.61. The zero-order valence-electron chi connectivity index (χ0n) is 18.9. The molecule has 0 spiro atoms. The van der Waals surface area contributed by atoms with Crippen LogP contribution in [0.2, 0.25) is 5.02 Å². The average molecular weight is 468 g/mol. The Morgan fingerprint density at radius 1 is 0.971 bits per heavy atom. The number of rotatable bonds is 4. The summed E-state index contributed by atoms with van der Waals surface area (Å²) in [7, 11) is 0. The molecule has 3 heterocycles. The highest BCUT2D eigenvalue weighted by Gasteiger charge is 2.25. The summed E-state index contributed by atoms with van der Waals surface area (Å²) in [5.41, 5.74) is 11.9. The van der Waals surface area contributed by atoms with E-state index in [1.165, 1.54) is 0 Å². The van der Waals surface area contributed by atoms with Gasteiger partial charge in [-0.05, 0) is 56.3 Å². The van der Waals surface area contributed by atoms with Crippen LogP contribution < -0.4 is 5.73 Å². The Morgan fingerprint density at radius 2 is 1.79 bits per heavy atom. The zero-order valence-corrected chi connectivity index (χ0v) is 19.6. The van der Waals surface area contributed by atoms with Crippen LogP contribution in [0.15, 0.2) is 73.3 Å². The molecular formula is C28H26ClN5. The highest BCUT2D eigenvalue weighted by Crippen LogP contribution is 2.40. The Morgan fingerprint density at radius 3 is 2.59 bits per heavy atom. The third-order valence-electron chi connectivity index (χ3n) is 7.17. The summed E-state index contributed by atoms with van der Waals surface area (Å²) in [5.74, 6) is 0.631.